The molecular weight excluding hydrogens is 358 g/mol. The van der Waals surface area contributed by atoms with E-state index in [0.717, 1.165) is 0 Å². The number of sulfonamides is 1. The maximum atomic E-state index is 11.9. The molecule has 0 unspecified atom stereocenters. The summed E-state index contributed by atoms with van der Waals surface area (Å²) in [6.07, 6.45) is 6.13. The molecule has 0 aromatic carbocycles. The van der Waals surface area contributed by atoms with E-state index in [1.165, 1.54) is 10.6 Å². The average molecular weight is 379 g/mol. The number of nitrogens with zero attached hydrogens (tertiary/aromatic N) is 4. The van der Waals surface area contributed by atoms with Gasteiger partial charge in [0.15, 0.2) is 5.82 Å². The van der Waals surface area contributed by atoms with Crippen molar-refractivity contribution in [1.29, 1.82) is 0 Å². The van der Waals surface area contributed by atoms with Crippen molar-refractivity contribution in [2.75, 3.05) is 25.9 Å². The van der Waals surface area contributed by atoms with Crippen LogP contribution in [0.3, 0.4) is 0 Å². The van der Waals surface area contributed by atoms with Crippen molar-refractivity contribution in [1.82, 2.24) is 24.7 Å². The summed E-state index contributed by atoms with van der Waals surface area (Å²) in [4.78, 5) is 20.2. The molecule has 0 aliphatic carbocycles. The van der Waals surface area contributed by atoms with E-state index in [1.807, 2.05) is 0 Å². The third kappa shape index (κ3) is 4.64. The van der Waals surface area contributed by atoms with Gasteiger partial charge in [-0.25, -0.2) is 12.7 Å². The van der Waals surface area contributed by atoms with Crippen molar-refractivity contribution in [2.45, 2.75) is 25.2 Å². The Morgan fingerprint density at radius 2 is 2.00 bits per heavy atom. The first-order chi connectivity index (χ1) is 12.4. The van der Waals surface area contributed by atoms with Crippen LogP contribution in [-0.4, -0.2) is 59.6 Å². The number of carbonyl (C=O) groups is 1. The van der Waals surface area contributed by atoms with Crippen molar-refractivity contribution in [2.24, 2.45) is 0 Å². The third-order valence-electron chi connectivity index (χ3n) is 4.34. The number of hydrogen-bond donors (Lipinski definition) is 1. The van der Waals surface area contributed by atoms with Gasteiger partial charge in [0, 0.05) is 49.9 Å². The smallest absolute Gasteiger partial charge is 0.251 e. The lowest BCUT2D eigenvalue weighted by Crippen LogP contribution is -2.37. The Bertz CT molecular complexity index is 845. The second kappa shape index (κ2) is 7.92. The Morgan fingerprint density at radius 3 is 2.65 bits per heavy atom. The van der Waals surface area contributed by atoms with Crippen molar-refractivity contribution >= 4 is 15.9 Å². The zero-order chi connectivity index (χ0) is 18.6. The molecule has 0 saturated carbocycles. The molecule has 1 amide bonds. The third-order valence-corrected chi connectivity index (χ3v) is 5.64. The summed E-state index contributed by atoms with van der Waals surface area (Å²) in [5.74, 6) is 0.978. The molecule has 0 bridgehead atoms. The van der Waals surface area contributed by atoms with Crippen LogP contribution in [0, 0.1) is 0 Å². The highest BCUT2D eigenvalue weighted by molar-refractivity contribution is 7.88. The van der Waals surface area contributed by atoms with E-state index in [4.69, 9.17) is 4.52 Å². The predicted molar refractivity (Wildman–Crippen MR) is 93.0 cm³/mol. The standard InChI is InChI=1S/C16H21N5O4S/c1-26(23,24)21-10-5-12(6-11-21)15-19-14(25-20-15)4-9-18-16(22)13-2-7-17-8-3-13/h2-3,7-8,12H,4-6,9-11H2,1H3,(H,18,22). The highest BCUT2D eigenvalue weighted by Crippen LogP contribution is 2.26. The molecule has 2 aromatic heterocycles. The molecule has 1 aliphatic rings. The lowest BCUT2D eigenvalue weighted by Gasteiger charge is -2.28. The molecule has 3 heterocycles. The fraction of sp³-hybridized carbons (Fsp3) is 0.500. The molecule has 2 aromatic rings. The number of aromatic nitrogens is 3. The summed E-state index contributed by atoms with van der Waals surface area (Å²) in [5, 5.41) is 6.80. The van der Waals surface area contributed by atoms with Gasteiger partial charge < -0.3 is 9.84 Å². The first-order valence-electron chi connectivity index (χ1n) is 8.39. The van der Waals surface area contributed by atoms with Crippen LogP contribution in [0.2, 0.25) is 0 Å². The van der Waals surface area contributed by atoms with E-state index in [1.54, 1.807) is 24.5 Å². The van der Waals surface area contributed by atoms with Crippen molar-refractivity contribution in [3.05, 3.63) is 41.8 Å². The summed E-state index contributed by atoms with van der Waals surface area (Å²) >= 11 is 0. The number of amides is 1. The Morgan fingerprint density at radius 1 is 1.31 bits per heavy atom. The van der Waals surface area contributed by atoms with Gasteiger partial charge in [-0.05, 0) is 25.0 Å². The number of piperidine rings is 1. The maximum Gasteiger partial charge on any atom is 0.251 e. The predicted octanol–water partition coefficient (Wildman–Crippen LogP) is 0.576. The molecule has 0 radical (unpaired) electrons. The van der Waals surface area contributed by atoms with Crippen molar-refractivity contribution < 1.29 is 17.7 Å². The lowest BCUT2D eigenvalue weighted by atomic mass is 9.97. The quantitative estimate of drug-likeness (QED) is 0.779. The van der Waals surface area contributed by atoms with Crippen LogP contribution in [-0.2, 0) is 16.4 Å². The van der Waals surface area contributed by atoms with E-state index in [-0.39, 0.29) is 11.8 Å². The van der Waals surface area contributed by atoms with E-state index in [2.05, 4.69) is 20.4 Å². The number of hydrogen-bond acceptors (Lipinski definition) is 7. The van der Waals surface area contributed by atoms with Gasteiger partial charge in [-0.1, -0.05) is 5.16 Å². The van der Waals surface area contributed by atoms with Crippen LogP contribution < -0.4 is 5.32 Å². The molecule has 10 heteroatoms. The van der Waals surface area contributed by atoms with E-state index in [0.29, 0.717) is 56.2 Å². The number of carbonyl (C=O) groups excluding carboxylic acids is 1. The second-order valence-corrected chi connectivity index (χ2v) is 8.21. The monoisotopic (exact) mass is 379 g/mol. The highest BCUT2D eigenvalue weighted by Gasteiger charge is 2.28. The van der Waals surface area contributed by atoms with Gasteiger partial charge in [-0.2, -0.15) is 4.98 Å². The lowest BCUT2D eigenvalue weighted by molar-refractivity contribution is 0.0953. The van der Waals surface area contributed by atoms with Gasteiger partial charge in [0.1, 0.15) is 0 Å². The van der Waals surface area contributed by atoms with Crippen molar-refractivity contribution in [3.8, 4) is 0 Å². The molecule has 1 fully saturated rings. The minimum absolute atomic E-state index is 0.0944. The van der Waals surface area contributed by atoms with E-state index >= 15 is 0 Å². The number of rotatable bonds is 6. The largest absolute Gasteiger partial charge is 0.352 e. The van der Waals surface area contributed by atoms with Gasteiger partial charge in [-0.15, -0.1) is 0 Å². The van der Waals surface area contributed by atoms with Gasteiger partial charge in [-0.3, -0.25) is 9.78 Å². The molecule has 26 heavy (non-hydrogen) atoms. The second-order valence-electron chi connectivity index (χ2n) is 6.22. The molecule has 1 saturated heterocycles. The number of nitrogens with one attached hydrogen (secondary N) is 1. The Labute approximate surface area is 151 Å². The first kappa shape index (κ1) is 18.5. The molecule has 9 nitrogen and oxygen atoms in total. The van der Waals surface area contributed by atoms with E-state index < -0.39 is 10.0 Å². The molecule has 1 N–H and O–H groups in total. The Hall–Kier alpha value is -2.33. The Kier molecular flexibility index (Phi) is 5.62. The molecule has 3 rings (SSSR count). The first-order valence-corrected chi connectivity index (χ1v) is 10.2. The summed E-state index contributed by atoms with van der Waals surface area (Å²) in [5.41, 5.74) is 0.545. The summed E-state index contributed by atoms with van der Waals surface area (Å²) < 4.78 is 29.8. The summed E-state index contributed by atoms with van der Waals surface area (Å²) in [7, 11) is -3.14. The van der Waals surface area contributed by atoms with Crippen LogP contribution >= 0.6 is 0 Å². The van der Waals surface area contributed by atoms with Gasteiger partial charge in [0.25, 0.3) is 5.91 Å². The van der Waals surface area contributed by atoms with Crippen molar-refractivity contribution in [3.63, 3.8) is 0 Å². The van der Waals surface area contributed by atoms with Crippen LogP contribution in [0.4, 0.5) is 0 Å². The van der Waals surface area contributed by atoms with E-state index in [9.17, 15) is 13.2 Å². The fourth-order valence-corrected chi connectivity index (χ4v) is 3.74. The molecular formula is C16H21N5O4S. The summed E-state index contributed by atoms with van der Waals surface area (Å²) in [6.45, 7) is 1.32. The average Bonchev–Trinajstić information content (AvgIpc) is 3.11. The minimum Gasteiger partial charge on any atom is -0.352 e. The zero-order valence-corrected chi connectivity index (χ0v) is 15.3. The van der Waals surface area contributed by atoms with Crippen LogP contribution in [0.15, 0.2) is 29.0 Å². The van der Waals surface area contributed by atoms with Crippen LogP contribution in [0.25, 0.3) is 0 Å². The minimum atomic E-state index is -3.14. The Balaban J connectivity index is 1.47. The van der Waals surface area contributed by atoms with Gasteiger partial charge in [0.2, 0.25) is 15.9 Å². The van der Waals surface area contributed by atoms with Gasteiger partial charge in [0.05, 0.1) is 6.26 Å². The molecule has 0 spiro atoms. The van der Waals surface area contributed by atoms with Crippen LogP contribution in [0.5, 0.6) is 0 Å². The fourth-order valence-electron chi connectivity index (χ4n) is 2.87. The normalized spacial score (nSPS) is 16.5. The highest BCUT2D eigenvalue weighted by atomic mass is 32.2. The number of pyridine rings is 1. The van der Waals surface area contributed by atoms with Gasteiger partial charge >= 0.3 is 0 Å². The topological polar surface area (TPSA) is 118 Å². The summed E-state index contributed by atoms with van der Waals surface area (Å²) in [6, 6.07) is 3.28. The molecule has 140 valence electrons. The maximum absolute atomic E-state index is 11.9. The SMILES string of the molecule is CS(=O)(=O)N1CCC(c2noc(CCNC(=O)c3ccncc3)n2)CC1. The van der Waals surface area contributed by atoms with Crippen LogP contribution in [0.1, 0.15) is 40.8 Å². The molecule has 0 atom stereocenters. The zero-order valence-electron chi connectivity index (χ0n) is 14.5. The molecule has 1 aliphatic heterocycles.